The minimum atomic E-state index is -0.328. The molecule has 8 heteroatoms. The van der Waals surface area contributed by atoms with Gasteiger partial charge in [0.25, 0.3) is 0 Å². The molecule has 2 heterocycles. The Morgan fingerprint density at radius 3 is 2.58 bits per heavy atom. The second-order valence-corrected chi connectivity index (χ2v) is 10.1. The van der Waals surface area contributed by atoms with Crippen molar-refractivity contribution in [2.24, 2.45) is 0 Å². The van der Waals surface area contributed by atoms with Crippen LogP contribution in [0, 0.1) is 12.7 Å². The van der Waals surface area contributed by atoms with E-state index >= 15 is 0 Å². The Kier molecular flexibility index (Phi) is 8.25. The van der Waals surface area contributed by atoms with Gasteiger partial charge in [0, 0.05) is 23.2 Å². The number of carbonyl (C=O) groups excluding carboxylic acids is 2. The second-order valence-electron chi connectivity index (χ2n) is 9.10. The molecule has 0 bridgehead atoms. The summed E-state index contributed by atoms with van der Waals surface area (Å²) < 4.78 is 19.3. The summed E-state index contributed by atoms with van der Waals surface area (Å²) in [5.41, 5.74) is 2.87. The van der Waals surface area contributed by atoms with Gasteiger partial charge in [0.1, 0.15) is 24.7 Å². The number of hydrogen-bond donors (Lipinski definition) is 1. The number of carbonyl (C=O) groups is 2. The lowest BCUT2D eigenvalue weighted by Gasteiger charge is -2.38. The first-order valence-electron chi connectivity index (χ1n) is 12.2. The molecular formula is C28H32FN3O3S. The lowest BCUT2D eigenvalue weighted by molar-refractivity contribution is -0.135. The smallest absolute Gasteiger partial charge is 0.322 e. The highest BCUT2D eigenvalue weighted by atomic mass is 32.1. The fourth-order valence-electron chi connectivity index (χ4n) is 4.30. The molecule has 0 spiro atoms. The minimum absolute atomic E-state index is 0.0286. The maximum Gasteiger partial charge on any atom is 0.322 e. The van der Waals surface area contributed by atoms with Gasteiger partial charge in [-0.3, -0.25) is 4.79 Å². The number of nitrogens with zero attached hydrogens (tertiary/aromatic N) is 2. The van der Waals surface area contributed by atoms with E-state index in [0.29, 0.717) is 18.0 Å². The van der Waals surface area contributed by atoms with E-state index in [0.717, 1.165) is 24.0 Å². The number of aryl methyl sites for hydroxylation is 1. The van der Waals surface area contributed by atoms with Crippen LogP contribution in [0.15, 0.2) is 60.0 Å². The summed E-state index contributed by atoms with van der Waals surface area (Å²) >= 11 is 1.68. The predicted molar refractivity (Wildman–Crippen MR) is 141 cm³/mol. The fraction of sp³-hybridized carbons (Fsp3) is 0.357. The predicted octanol–water partition coefficient (Wildman–Crippen LogP) is 6.03. The first-order valence-corrected chi connectivity index (χ1v) is 13.1. The minimum Gasteiger partial charge on any atom is -0.491 e. The van der Waals surface area contributed by atoms with E-state index in [9.17, 15) is 14.0 Å². The fourth-order valence-corrected chi connectivity index (χ4v) is 5.23. The number of amides is 3. The van der Waals surface area contributed by atoms with Crippen LogP contribution in [0.25, 0.3) is 0 Å². The zero-order valence-electron chi connectivity index (χ0n) is 20.9. The number of thiophene rings is 1. The van der Waals surface area contributed by atoms with E-state index in [1.165, 1.54) is 17.0 Å². The van der Waals surface area contributed by atoms with Crippen molar-refractivity contribution < 1.29 is 18.7 Å². The monoisotopic (exact) mass is 509 g/mol. The molecule has 0 saturated carbocycles. The van der Waals surface area contributed by atoms with Gasteiger partial charge >= 0.3 is 6.03 Å². The average Bonchev–Trinajstić information content (AvgIpc) is 3.36. The number of rotatable bonds is 8. The van der Waals surface area contributed by atoms with Crippen LogP contribution < -0.4 is 10.1 Å². The Morgan fingerprint density at radius 1 is 1.17 bits per heavy atom. The number of halogens is 1. The van der Waals surface area contributed by atoms with Gasteiger partial charge < -0.3 is 19.9 Å². The summed E-state index contributed by atoms with van der Waals surface area (Å²) in [6.45, 7) is 6.71. The third kappa shape index (κ3) is 6.05. The number of ether oxygens (including phenoxy) is 1. The maximum atomic E-state index is 13.6. The van der Waals surface area contributed by atoms with Crippen LogP contribution in [0.2, 0.25) is 0 Å². The molecule has 0 saturated heterocycles. The number of fused-ring (bicyclic) bond motifs is 1. The van der Waals surface area contributed by atoms with Gasteiger partial charge in [-0.25, -0.2) is 9.18 Å². The van der Waals surface area contributed by atoms with E-state index < -0.39 is 0 Å². The number of anilines is 1. The summed E-state index contributed by atoms with van der Waals surface area (Å²) in [7, 11) is 0. The van der Waals surface area contributed by atoms with Gasteiger partial charge in [0.05, 0.1) is 6.04 Å². The SMILES string of the molecule is CC[C@H](C)N(CC(=O)N1CCc2sccc2[C@@H]1COc1ccc(F)cc1)C(=O)Nc1ccc(C)cc1. The molecule has 0 fully saturated rings. The molecule has 0 aliphatic carbocycles. The summed E-state index contributed by atoms with van der Waals surface area (Å²) in [5.74, 6) is 0.0924. The molecule has 0 radical (unpaired) electrons. The number of urea groups is 1. The van der Waals surface area contributed by atoms with Crippen molar-refractivity contribution in [3.63, 3.8) is 0 Å². The van der Waals surface area contributed by atoms with Gasteiger partial charge in [-0.2, -0.15) is 0 Å². The molecule has 1 aliphatic rings. The summed E-state index contributed by atoms with van der Waals surface area (Å²) in [4.78, 5) is 31.5. The molecule has 3 amide bonds. The molecular weight excluding hydrogens is 477 g/mol. The van der Waals surface area contributed by atoms with E-state index in [2.05, 4.69) is 5.32 Å². The third-order valence-electron chi connectivity index (χ3n) is 6.63. The summed E-state index contributed by atoms with van der Waals surface area (Å²) in [6.07, 6.45) is 1.49. The van der Waals surface area contributed by atoms with Crippen molar-refractivity contribution in [2.75, 3.05) is 25.0 Å². The van der Waals surface area contributed by atoms with E-state index in [-0.39, 0.29) is 43.0 Å². The number of hydrogen-bond acceptors (Lipinski definition) is 4. The van der Waals surface area contributed by atoms with Gasteiger partial charge in [-0.15, -0.1) is 11.3 Å². The molecule has 6 nitrogen and oxygen atoms in total. The topological polar surface area (TPSA) is 61.9 Å². The Morgan fingerprint density at radius 2 is 1.89 bits per heavy atom. The van der Waals surface area contributed by atoms with Crippen LogP contribution in [0.1, 0.15) is 42.3 Å². The highest BCUT2D eigenvalue weighted by Gasteiger charge is 2.34. The summed E-state index contributed by atoms with van der Waals surface area (Å²) in [6, 6.07) is 14.8. The van der Waals surface area contributed by atoms with E-state index in [4.69, 9.17) is 4.74 Å². The molecule has 0 unspecified atom stereocenters. The highest BCUT2D eigenvalue weighted by Crippen LogP contribution is 2.34. The Balaban J connectivity index is 1.50. The molecule has 2 aromatic carbocycles. The quantitative estimate of drug-likeness (QED) is 0.403. The molecule has 3 aromatic rings. The average molecular weight is 510 g/mol. The van der Waals surface area contributed by atoms with Crippen LogP contribution in [0.5, 0.6) is 5.75 Å². The normalized spacial score (nSPS) is 15.7. The Labute approximate surface area is 215 Å². The van der Waals surface area contributed by atoms with Crippen molar-refractivity contribution in [1.82, 2.24) is 9.80 Å². The highest BCUT2D eigenvalue weighted by molar-refractivity contribution is 7.10. The Hall–Kier alpha value is -3.39. The first kappa shape index (κ1) is 25.7. The molecule has 36 heavy (non-hydrogen) atoms. The molecule has 190 valence electrons. The van der Waals surface area contributed by atoms with Gasteiger partial charge in [0.15, 0.2) is 0 Å². The number of nitrogens with one attached hydrogen (secondary N) is 1. The van der Waals surface area contributed by atoms with Crippen molar-refractivity contribution in [3.8, 4) is 5.75 Å². The molecule has 1 N–H and O–H groups in total. The largest absolute Gasteiger partial charge is 0.491 e. The first-order chi connectivity index (χ1) is 17.4. The van der Waals surface area contributed by atoms with Gasteiger partial charge in [-0.1, -0.05) is 24.6 Å². The second kappa shape index (κ2) is 11.6. The molecule has 4 rings (SSSR count). The zero-order valence-corrected chi connectivity index (χ0v) is 21.7. The number of benzene rings is 2. The zero-order chi connectivity index (χ0) is 25.7. The van der Waals surface area contributed by atoms with Gasteiger partial charge in [-0.05, 0) is 80.1 Å². The van der Waals surface area contributed by atoms with Crippen molar-refractivity contribution in [1.29, 1.82) is 0 Å². The van der Waals surface area contributed by atoms with Crippen molar-refractivity contribution in [3.05, 3.63) is 81.8 Å². The van der Waals surface area contributed by atoms with Crippen molar-refractivity contribution in [2.45, 2.75) is 45.7 Å². The maximum absolute atomic E-state index is 13.6. The van der Waals surface area contributed by atoms with Crippen molar-refractivity contribution >= 4 is 29.0 Å². The summed E-state index contributed by atoms with van der Waals surface area (Å²) in [5, 5.41) is 4.96. The van der Waals surface area contributed by atoms with Gasteiger partial charge in [0.2, 0.25) is 5.91 Å². The van der Waals surface area contributed by atoms with Crippen LogP contribution >= 0.6 is 11.3 Å². The van der Waals surface area contributed by atoms with Crippen LogP contribution in [0.3, 0.4) is 0 Å². The van der Waals surface area contributed by atoms with Crippen LogP contribution in [0.4, 0.5) is 14.9 Å². The van der Waals surface area contributed by atoms with E-state index in [1.807, 2.05) is 61.4 Å². The molecule has 2 atom stereocenters. The lowest BCUT2D eigenvalue weighted by Crippen LogP contribution is -2.50. The Bertz CT molecular complexity index is 1180. The van der Waals surface area contributed by atoms with E-state index in [1.54, 1.807) is 28.4 Å². The van der Waals surface area contributed by atoms with Crippen LogP contribution in [-0.2, 0) is 11.2 Å². The lowest BCUT2D eigenvalue weighted by atomic mass is 10.00. The van der Waals surface area contributed by atoms with Crippen LogP contribution in [-0.4, -0.2) is 47.5 Å². The molecule has 1 aliphatic heterocycles. The molecule has 1 aromatic heterocycles. The third-order valence-corrected chi connectivity index (χ3v) is 7.63. The standard InChI is InChI=1S/C28H32FN3O3S/c1-4-20(3)32(28(34)30-22-9-5-19(2)6-10-22)17-27(33)31-15-13-26-24(14-16-36-26)25(31)18-35-23-11-7-21(29)8-12-23/h5-12,14,16,20,25H,4,13,15,17-18H2,1-3H3,(H,30,34)/t20-,25-/m0/s1.